The highest BCUT2D eigenvalue weighted by Crippen LogP contribution is 2.33. The van der Waals surface area contributed by atoms with Crippen LogP contribution >= 0.6 is 0 Å². The van der Waals surface area contributed by atoms with Crippen LogP contribution in [0.3, 0.4) is 0 Å². The molecular formula is C22H26N2O. The fraction of sp³-hybridized carbons (Fsp3) is 0.364. The van der Waals surface area contributed by atoms with E-state index >= 15 is 0 Å². The molecule has 0 aliphatic carbocycles. The van der Waals surface area contributed by atoms with E-state index in [1.807, 2.05) is 6.07 Å². The summed E-state index contributed by atoms with van der Waals surface area (Å²) in [5.74, 6) is 1.59. The highest BCUT2D eigenvalue weighted by Gasteiger charge is 2.27. The molecule has 0 radical (unpaired) electrons. The molecule has 25 heavy (non-hydrogen) atoms. The molecule has 3 heteroatoms. The van der Waals surface area contributed by atoms with Gasteiger partial charge in [-0.1, -0.05) is 38.1 Å². The molecule has 0 fully saturated rings. The normalized spacial score (nSPS) is 18.3. The van der Waals surface area contributed by atoms with Gasteiger partial charge in [-0.15, -0.1) is 0 Å². The van der Waals surface area contributed by atoms with Gasteiger partial charge < -0.3 is 8.98 Å². The van der Waals surface area contributed by atoms with Crippen molar-refractivity contribution >= 4 is 0 Å². The third-order valence-electron chi connectivity index (χ3n) is 5.21. The lowest BCUT2D eigenvalue weighted by Crippen LogP contribution is -2.29. The van der Waals surface area contributed by atoms with E-state index in [-0.39, 0.29) is 6.04 Å². The van der Waals surface area contributed by atoms with Crippen molar-refractivity contribution in [3.8, 4) is 0 Å². The molecule has 4 rings (SSSR count). The first-order chi connectivity index (χ1) is 12.2. The monoisotopic (exact) mass is 334 g/mol. The molecule has 3 heterocycles. The van der Waals surface area contributed by atoms with Crippen LogP contribution in [-0.4, -0.2) is 16.0 Å². The third kappa shape index (κ3) is 3.29. The molecule has 2 aromatic heterocycles. The Morgan fingerprint density at radius 1 is 1.04 bits per heavy atom. The first-order valence-corrected chi connectivity index (χ1v) is 9.23. The van der Waals surface area contributed by atoms with Crippen LogP contribution in [0.5, 0.6) is 0 Å². The van der Waals surface area contributed by atoms with Crippen molar-refractivity contribution < 1.29 is 4.42 Å². The van der Waals surface area contributed by atoms with Crippen molar-refractivity contribution in [2.24, 2.45) is 0 Å². The molecule has 130 valence electrons. The second kappa shape index (κ2) is 6.93. The van der Waals surface area contributed by atoms with Crippen LogP contribution in [0.1, 0.15) is 54.8 Å². The summed E-state index contributed by atoms with van der Waals surface area (Å²) in [6.45, 7) is 7.48. The molecule has 1 aromatic carbocycles. The number of aromatic nitrogens is 1. The van der Waals surface area contributed by atoms with Gasteiger partial charge in [0.15, 0.2) is 0 Å². The summed E-state index contributed by atoms with van der Waals surface area (Å²) >= 11 is 0. The van der Waals surface area contributed by atoms with Crippen LogP contribution in [0.4, 0.5) is 0 Å². The first-order valence-electron chi connectivity index (χ1n) is 9.23. The number of hydrogen-bond acceptors (Lipinski definition) is 2. The maximum absolute atomic E-state index is 5.63. The van der Waals surface area contributed by atoms with Gasteiger partial charge in [0, 0.05) is 25.0 Å². The van der Waals surface area contributed by atoms with Gasteiger partial charge in [0.05, 0.1) is 18.8 Å². The molecule has 1 atom stereocenters. The van der Waals surface area contributed by atoms with E-state index in [0.717, 1.165) is 31.8 Å². The minimum atomic E-state index is 0.267. The molecule has 3 nitrogen and oxygen atoms in total. The molecular weight excluding hydrogens is 308 g/mol. The summed E-state index contributed by atoms with van der Waals surface area (Å²) in [6.07, 6.45) is 5.13. The van der Waals surface area contributed by atoms with E-state index in [1.54, 1.807) is 6.26 Å². The van der Waals surface area contributed by atoms with Crippen LogP contribution in [0.15, 0.2) is 65.4 Å². The van der Waals surface area contributed by atoms with Crippen LogP contribution in [0, 0.1) is 0 Å². The van der Waals surface area contributed by atoms with Gasteiger partial charge >= 0.3 is 0 Å². The Bertz CT molecular complexity index is 799. The topological polar surface area (TPSA) is 21.3 Å². The quantitative estimate of drug-likeness (QED) is 0.654. The van der Waals surface area contributed by atoms with Crippen LogP contribution in [0.2, 0.25) is 0 Å². The maximum atomic E-state index is 5.63. The largest absolute Gasteiger partial charge is 0.468 e. The van der Waals surface area contributed by atoms with Crippen molar-refractivity contribution in [1.29, 1.82) is 0 Å². The van der Waals surface area contributed by atoms with Gasteiger partial charge in [0.25, 0.3) is 0 Å². The predicted molar refractivity (Wildman–Crippen MR) is 101 cm³/mol. The summed E-state index contributed by atoms with van der Waals surface area (Å²) in [7, 11) is 0. The second-order valence-electron chi connectivity index (χ2n) is 7.25. The average molecular weight is 334 g/mol. The van der Waals surface area contributed by atoms with Crippen LogP contribution in [-0.2, 0) is 13.1 Å². The smallest absolute Gasteiger partial charge is 0.117 e. The minimum Gasteiger partial charge on any atom is -0.468 e. The van der Waals surface area contributed by atoms with E-state index in [2.05, 4.69) is 72.0 Å². The average Bonchev–Trinajstić information content (AvgIpc) is 3.25. The van der Waals surface area contributed by atoms with Crippen molar-refractivity contribution in [3.05, 3.63) is 83.6 Å². The van der Waals surface area contributed by atoms with E-state index < -0.39 is 0 Å². The van der Waals surface area contributed by atoms with Gasteiger partial charge in [0.1, 0.15) is 5.76 Å². The molecule has 0 spiro atoms. The summed E-state index contributed by atoms with van der Waals surface area (Å²) in [5.41, 5.74) is 4.13. The highest BCUT2D eigenvalue weighted by atomic mass is 16.3. The van der Waals surface area contributed by atoms with Gasteiger partial charge in [0.2, 0.25) is 0 Å². The summed E-state index contributed by atoms with van der Waals surface area (Å²) in [4.78, 5) is 2.54. The summed E-state index contributed by atoms with van der Waals surface area (Å²) in [5, 5.41) is 0. The number of benzene rings is 1. The molecule has 0 saturated heterocycles. The van der Waals surface area contributed by atoms with Crippen molar-refractivity contribution in [1.82, 2.24) is 9.47 Å². The van der Waals surface area contributed by atoms with E-state index in [4.69, 9.17) is 4.42 Å². The molecule has 0 unspecified atom stereocenters. The predicted octanol–water partition coefficient (Wildman–Crippen LogP) is 5.20. The molecule has 1 aliphatic rings. The van der Waals surface area contributed by atoms with Crippen LogP contribution in [0.25, 0.3) is 0 Å². The zero-order chi connectivity index (χ0) is 17.2. The molecule has 0 saturated carbocycles. The number of rotatable bonds is 4. The van der Waals surface area contributed by atoms with Crippen LogP contribution < -0.4 is 0 Å². The zero-order valence-corrected chi connectivity index (χ0v) is 15.1. The lowest BCUT2D eigenvalue weighted by Gasteiger charge is -2.30. The Morgan fingerprint density at radius 3 is 2.60 bits per heavy atom. The second-order valence-corrected chi connectivity index (χ2v) is 7.25. The van der Waals surface area contributed by atoms with E-state index in [0.29, 0.717) is 5.92 Å². The Morgan fingerprint density at radius 2 is 1.88 bits per heavy atom. The molecule has 0 N–H and O–H groups in total. The van der Waals surface area contributed by atoms with E-state index in [9.17, 15) is 0 Å². The third-order valence-corrected chi connectivity index (χ3v) is 5.21. The van der Waals surface area contributed by atoms with Crippen molar-refractivity contribution in [3.63, 3.8) is 0 Å². The number of fused-ring (bicyclic) bond motifs is 1. The molecule has 1 aliphatic heterocycles. The summed E-state index contributed by atoms with van der Waals surface area (Å²) in [6, 6.07) is 17.9. The first kappa shape index (κ1) is 16.2. The Labute approximate surface area is 149 Å². The number of nitrogens with zero attached hydrogens (tertiary/aromatic N) is 2. The van der Waals surface area contributed by atoms with Gasteiger partial charge in [-0.05, 0) is 47.7 Å². The SMILES string of the molecule is CC(C)c1ccc([C@H]2c3cccn3CCCN2Cc2ccco2)cc1. The van der Waals surface area contributed by atoms with Gasteiger partial charge in [-0.25, -0.2) is 0 Å². The zero-order valence-electron chi connectivity index (χ0n) is 15.1. The lowest BCUT2D eigenvalue weighted by atomic mass is 9.96. The Hall–Kier alpha value is -2.26. The number of furan rings is 1. The van der Waals surface area contributed by atoms with Crippen molar-refractivity contribution in [2.75, 3.05) is 6.54 Å². The number of hydrogen-bond donors (Lipinski definition) is 0. The van der Waals surface area contributed by atoms with E-state index in [1.165, 1.54) is 16.8 Å². The maximum Gasteiger partial charge on any atom is 0.117 e. The van der Waals surface area contributed by atoms with Gasteiger partial charge in [-0.2, -0.15) is 0 Å². The fourth-order valence-electron chi connectivity index (χ4n) is 3.86. The van der Waals surface area contributed by atoms with Crippen molar-refractivity contribution in [2.45, 2.75) is 45.3 Å². The highest BCUT2D eigenvalue weighted by molar-refractivity contribution is 5.33. The Kier molecular flexibility index (Phi) is 4.50. The molecule has 3 aromatic rings. The number of aryl methyl sites for hydroxylation is 1. The molecule has 0 bridgehead atoms. The Balaban J connectivity index is 1.72. The van der Waals surface area contributed by atoms with Gasteiger partial charge in [-0.3, -0.25) is 4.90 Å². The molecule has 0 amide bonds. The lowest BCUT2D eigenvalue weighted by molar-refractivity contribution is 0.203. The standard InChI is InChI=1S/C22H26N2O/c1-17(2)18-8-10-19(11-9-18)22-21-7-3-12-23(21)13-5-14-24(22)16-20-6-4-15-25-20/h3-4,6-12,15,17,22H,5,13-14,16H2,1-2H3/t22-/m0/s1. The summed E-state index contributed by atoms with van der Waals surface area (Å²) < 4.78 is 8.04. The fourth-order valence-corrected chi connectivity index (χ4v) is 3.86. The minimum absolute atomic E-state index is 0.267.